The Morgan fingerprint density at radius 1 is 0.590 bits per heavy atom. The van der Waals surface area contributed by atoms with Crippen LogP contribution in [0.4, 0.5) is 11.4 Å². The van der Waals surface area contributed by atoms with E-state index in [1.165, 1.54) is 27.8 Å². The van der Waals surface area contributed by atoms with E-state index < -0.39 is 0 Å². The summed E-state index contributed by atoms with van der Waals surface area (Å²) in [5.41, 5.74) is 10.3. The fraction of sp³-hybridized carbons (Fsp3) is 0.0270. The second-order valence-corrected chi connectivity index (χ2v) is 9.78. The molecule has 0 radical (unpaired) electrons. The molecular formula is C37H27NO. The van der Waals surface area contributed by atoms with Gasteiger partial charge in [0.1, 0.15) is 11.0 Å². The Hall–Kier alpha value is -5.08. The van der Waals surface area contributed by atoms with Crippen molar-refractivity contribution in [2.45, 2.75) is 5.92 Å². The van der Waals surface area contributed by atoms with E-state index in [-0.39, 0.29) is 5.92 Å². The zero-order valence-electron chi connectivity index (χ0n) is 21.5. The maximum Gasteiger partial charge on any atom is 0.136 e. The molecule has 0 fully saturated rings. The summed E-state index contributed by atoms with van der Waals surface area (Å²) in [5.74, 6) is 0.115. The third-order valence-electron chi connectivity index (χ3n) is 7.55. The van der Waals surface area contributed by atoms with Crippen LogP contribution in [0.1, 0.15) is 22.6 Å². The van der Waals surface area contributed by atoms with E-state index in [9.17, 15) is 0 Å². The molecule has 186 valence electrons. The lowest BCUT2D eigenvalue weighted by atomic mass is 9.87. The highest BCUT2D eigenvalue weighted by molar-refractivity contribution is 5.90. The number of para-hydroxylation sites is 2. The first-order valence-electron chi connectivity index (χ1n) is 13.3. The Balaban J connectivity index is 1.56. The average Bonchev–Trinajstić information content (AvgIpc) is 3.52. The number of rotatable bonds is 5. The van der Waals surface area contributed by atoms with Gasteiger partial charge in [0.15, 0.2) is 0 Å². The lowest BCUT2D eigenvalue weighted by molar-refractivity contribution is 0.575. The van der Waals surface area contributed by atoms with Crippen LogP contribution >= 0.6 is 0 Å². The third kappa shape index (κ3) is 3.89. The molecule has 0 atom stereocenters. The number of nitrogens with zero attached hydrogens (tertiary/aromatic N) is 1. The Morgan fingerprint density at radius 3 is 1.72 bits per heavy atom. The van der Waals surface area contributed by atoms with Gasteiger partial charge in [0, 0.05) is 34.1 Å². The molecule has 39 heavy (non-hydrogen) atoms. The van der Waals surface area contributed by atoms with E-state index in [0.29, 0.717) is 0 Å². The first-order chi connectivity index (χ1) is 19.3. The van der Waals surface area contributed by atoms with E-state index >= 15 is 0 Å². The number of benzene rings is 5. The second kappa shape index (κ2) is 9.66. The first kappa shape index (κ1) is 23.1. The molecule has 2 nitrogen and oxygen atoms in total. The van der Waals surface area contributed by atoms with E-state index in [2.05, 4.69) is 133 Å². The van der Waals surface area contributed by atoms with E-state index in [4.69, 9.17) is 4.42 Å². The number of allylic oxidation sites excluding steroid dienone is 1. The maximum atomic E-state index is 6.50. The Kier molecular flexibility index (Phi) is 5.71. The molecule has 7 rings (SSSR count). The zero-order chi connectivity index (χ0) is 26.2. The van der Waals surface area contributed by atoms with E-state index in [1.54, 1.807) is 6.08 Å². The maximum absolute atomic E-state index is 6.50. The van der Waals surface area contributed by atoms with Crippen molar-refractivity contribution in [2.75, 3.05) is 4.90 Å². The number of hydrogen-bond donors (Lipinski definition) is 0. The Labute approximate surface area is 228 Å². The predicted molar refractivity (Wildman–Crippen MR) is 162 cm³/mol. The largest absolute Gasteiger partial charge is 0.456 e. The molecule has 0 amide bonds. The molecule has 0 aliphatic heterocycles. The molecule has 0 saturated carbocycles. The molecule has 1 aliphatic carbocycles. The highest BCUT2D eigenvalue weighted by Crippen LogP contribution is 2.48. The van der Waals surface area contributed by atoms with Gasteiger partial charge in [-0.2, -0.15) is 0 Å². The smallest absolute Gasteiger partial charge is 0.136 e. The topological polar surface area (TPSA) is 16.4 Å². The van der Waals surface area contributed by atoms with Crippen molar-refractivity contribution in [1.29, 1.82) is 0 Å². The summed E-state index contributed by atoms with van der Waals surface area (Å²) in [6.45, 7) is 3.98. The third-order valence-corrected chi connectivity index (χ3v) is 7.55. The van der Waals surface area contributed by atoms with E-state index in [1.807, 2.05) is 18.2 Å². The molecule has 6 aromatic rings. The van der Waals surface area contributed by atoms with Gasteiger partial charge in [0.2, 0.25) is 0 Å². The summed E-state index contributed by atoms with van der Waals surface area (Å²) in [6, 6.07) is 44.9. The summed E-state index contributed by atoms with van der Waals surface area (Å²) in [5, 5.41) is 2.16. The number of anilines is 2. The van der Waals surface area contributed by atoms with Gasteiger partial charge in [-0.15, -0.1) is 0 Å². The first-order valence-corrected chi connectivity index (χ1v) is 13.3. The highest BCUT2D eigenvalue weighted by Gasteiger charge is 2.31. The number of furan rings is 1. The van der Waals surface area contributed by atoms with Gasteiger partial charge < -0.3 is 9.32 Å². The van der Waals surface area contributed by atoms with Gasteiger partial charge in [-0.05, 0) is 64.2 Å². The van der Waals surface area contributed by atoms with Crippen LogP contribution in [0.2, 0.25) is 0 Å². The highest BCUT2D eigenvalue weighted by atomic mass is 16.3. The summed E-state index contributed by atoms with van der Waals surface area (Å²) in [6.07, 6.45) is 5.96. The van der Waals surface area contributed by atoms with Crippen molar-refractivity contribution in [3.8, 4) is 11.1 Å². The monoisotopic (exact) mass is 501 g/mol. The van der Waals surface area contributed by atoms with Gasteiger partial charge >= 0.3 is 0 Å². The van der Waals surface area contributed by atoms with Gasteiger partial charge in [0.05, 0.1) is 0 Å². The minimum atomic E-state index is 0.115. The molecule has 0 N–H and O–H groups in total. The molecule has 1 heterocycles. The molecule has 0 bridgehead atoms. The minimum Gasteiger partial charge on any atom is -0.456 e. The molecule has 2 heteroatoms. The van der Waals surface area contributed by atoms with Crippen molar-refractivity contribution in [1.82, 2.24) is 0 Å². The van der Waals surface area contributed by atoms with Gasteiger partial charge in [-0.25, -0.2) is 0 Å². The van der Waals surface area contributed by atoms with Gasteiger partial charge in [0.25, 0.3) is 0 Å². The average molecular weight is 502 g/mol. The van der Waals surface area contributed by atoms with Crippen LogP contribution in [0.5, 0.6) is 0 Å². The molecular weight excluding hydrogens is 474 g/mol. The fourth-order valence-electron chi connectivity index (χ4n) is 5.91. The normalized spacial score (nSPS) is 13.4. The zero-order valence-corrected chi connectivity index (χ0v) is 21.5. The van der Waals surface area contributed by atoms with Gasteiger partial charge in [-0.3, -0.25) is 0 Å². The molecule has 0 saturated heterocycles. The van der Waals surface area contributed by atoms with Crippen molar-refractivity contribution in [2.24, 2.45) is 0 Å². The fourth-order valence-corrected chi connectivity index (χ4v) is 5.91. The summed E-state index contributed by atoms with van der Waals surface area (Å²) >= 11 is 0. The number of hydrogen-bond acceptors (Lipinski definition) is 2. The lowest BCUT2D eigenvalue weighted by Crippen LogP contribution is -2.25. The molecule has 1 aromatic heterocycles. The standard InChI is InChI=1S/C37H27NO/c1-2-14-34-33(25-38(26-15-5-3-6-16-26)27-17-7-4-8-18-27)37-32(23-13-24-35(37)39-34)36-30-21-11-9-19-28(30)29-20-10-12-22-31(29)36/h2-25,36H,1H2/b33-25+,34-14+. The SMILES string of the molecule is C=C/C=c1/oc2cccc(C3c4ccccc4-c4ccccc43)c2/c1=C/N(c1ccccc1)c1ccccc1. The van der Waals surface area contributed by atoms with Crippen LogP contribution in [0.15, 0.2) is 144 Å². The van der Waals surface area contributed by atoms with Crippen LogP contribution in [0.25, 0.3) is 34.4 Å². The Morgan fingerprint density at radius 2 is 1.13 bits per heavy atom. The second-order valence-electron chi connectivity index (χ2n) is 9.78. The Bertz CT molecular complexity index is 1850. The molecule has 1 aliphatic rings. The van der Waals surface area contributed by atoms with Crippen LogP contribution in [0.3, 0.4) is 0 Å². The lowest BCUT2D eigenvalue weighted by Gasteiger charge is -2.21. The van der Waals surface area contributed by atoms with Crippen molar-refractivity contribution >= 4 is 34.6 Å². The number of fused-ring (bicyclic) bond motifs is 4. The van der Waals surface area contributed by atoms with Crippen molar-refractivity contribution < 1.29 is 4.42 Å². The van der Waals surface area contributed by atoms with Crippen molar-refractivity contribution in [3.05, 3.63) is 167 Å². The predicted octanol–water partition coefficient (Wildman–Crippen LogP) is 8.14. The van der Waals surface area contributed by atoms with Crippen LogP contribution < -0.4 is 15.5 Å². The minimum absolute atomic E-state index is 0.115. The summed E-state index contributed by atoms with van der Waals surface area (Å²) in [4.78, 5) is 2.23. The van der Waals surface area contributed by atoms with Crippen LogP contribution in [-0.2, 0) is 0 Å². The molecule has 5 aromatic carbocycles. The van der Waals surface area contributed by atoms with Crippen LogP contribution in [0, 0.1) is 0 Å². The van der Waals surface area contributed by atoms with Gasteiger partial charge in [-0.1, -0.05) is 110 Å². The van der Waals surface area contributed by atoms with Crippen LogP contribution in [-0.4, -0.2) is 0 Å². The summed E-state index contributed by atoms with van der Waals surface area (Å²) in [7, 11) is 0. The van der Waals surface area contributed by atoms with E-state index in [0.717, 1.165) is 33.0 Å². The molecule has 0 spiro atoms. The molecule has 0 unspecified atom stereocenters. The quantitative estimate of drug-likeness (QED) is 0.237. The summed E-state index contributed by atoms with van der Waals surface area (Å²) < 4.78 is 6.50. The van der Waals surface area contributed by atoms with Crippen molar-refractivity contribution in [3.63, 3.8) is 0 Å².